The van der Waals surface area contributed by atoms with Gasteiger partial charge in [-0.3, -0.25) is 19.6 Å². The molecule has 1 N–H and O–H groups in total. The number of amides is 1. The van der Waals surface area contributed by atoms with Crippen molar-refractivity contribution in [1.82, 2.24) is 20.1 Å². The third-order valence-electron chi connectivity index (χ3n) is 2.94. The van der Waals surface area contributed by atoms with E-state index in [0.29, 0.717) is 6.54 Å². The van der Waals surface area contributed by atoms with Crippen LogP contribution in [0.15, 0.2) is 30.9 Å². The Kier molecular flexibility index (Phi) is 4.66. The van der Waals surface area contributed by atoms with Crippen LogP contribution in [0.4, 0.5) is 5.69 Å². The van der Waals surface area contributed by atoms with Crippen molar-refractivity contribution >= 4 is 11.6 Å². The number of ether oxygens (including phenoxy) is 1. The van der Waals surface area contributed by atoms with Crippen LogP contribution in [0.1, 0.15) is 17.3 Å². The van der Waals surface area contributed by atoms with Crippen LogP contribution >= 0.6 is 0 Å². The van der Waals surface area contributed by atoms with Gasteiger partial charge in [-0.25, -0.2) is 4.98 Å². The number of aromatic nitrogens is 3. The molecule has 1 unspecified atom stereocenters. The molecule has 9 nitrogen and oxygen atoms in total. The second-order valence-corrected chi connectivity index (χ2v) is 4.64. The molecule has 0 spiro atoms. The lowest BCUT2D eigenvalue weighted by molar-refractivity contribution is -0.385. The van der Waals surface area contributed by atoms with Gasteiger partial charge in [-0.1, -0.05) is 0 Å². The first-order valence-corrected chi connectivity index (χ1v) is 6.47. The summed E-state index contributed by atoms with van der Waals surface area (Å²) >= 11 is 0. The maximum Gasteiger partial charge on any atom is 0.311 e. The van der Waals surface area contributed by atoms with Gasteiger partial charge in [0.05, 0.1) is 18.6 Å². The van der Waals surface area contributed by atoms with Gasteiger partial charge in [0.25, 0.3) is 5.91 Å². The number of carbonyl (C=O) groups is 1. The second kappa shape index (κ2) is 6.66. The van der Waals surface area contributed by atoms with Gasteiger partial charge in [-0.05, 0) is 19.1 Å². The summed E-state index contributed by atoms with van der Waals surface area (Å²) in [7, 11) is 1.34. The molecule has 0 bridgehead atoms. The number of nitro benzene ring substituents is 1. The van der Waals surface area contributed by atoms with E-state index in [-0.39, 0.29) is 23.0 Å². The first-order valence-electron chi connectivity index (χ1n) is 6.47. The summed E-state index contributed by atoms with van der Waals surface area (Å²) in [6.45, 7) is 2.25. The van der Waals surface area contributed by atoms with Crippen molar-refractivity contribution in [1.29, 1.82) is 0 Å². The fourth-order valence-corrected chi connectivity index (χ4v) is 1.93. The average molecular weight is 305 g/mol. The molecule has 0 fully saturated rings. The monoisotopic (exact) mass is 305 g/mol. The van der Waals surface area contributed by atoms with Crippen LogP contribution in [0, 0.1) is 10.1 Å². The number of hydrogen-bond donors (Lipinski definition) is 1. The van der Waals surface area contributed by atoms with Crippen LogP contribution in [0.2, 0.25) is 0 Å². The standard InChI is InChI=1S/C13H15N5O4/c1-9(6-17-8-14-7-15-17)16-13(19)10-3-4-12(22-2)11(5-10)18(20)21/h3-5,7-9H,6H2,1-2H3,(H,16,19). The van der Waals surface area contributed by atoms with E-state index in [1.807, 2.05) is 0 Å². The summed E-state index contributed by atoms with van der Waals surface area (Å²) in [5, 5.41) is 17.7. The van der Waals surface area contributed by atoms with Crippen LogP contribution in [0.5, 0.6) is 5.75 Å². The molecule has 0 aliphatic rings. The van der Waals surface area contributed by atoms with E-state index in [1.54, 1.807) is 17.9 Å². The smallest absolute Gasteiger partial charge is 0.311 e. The lowest BCUT2D eigenvalue weighted by atomic mass is 10.1. The summed E-state index contributed by atoms with van der Waals surface area (Å²) < 4.78 is 6.49. The van der Waals surface area contributed by atoms with Crippen molar-refractivity contribution in [3.05, 3.63) is 46.5 Å². The first kappa shape index (κ1) is 15.4. The van der Waals surface area contributed by atoms with Crippen molar-refractivity contribution in [3.63, 3.8) is 0 Å². The van der Waals surface area contributed by atoms with Crippen LogP contribution in [0.25, 0.3) is 0 Å². The minimum absolute atomic E-state index is 0.109. The third kappa shape index (κ3) is 3.57. The zero-order valence-electron chi connectivity index (χ0n) is 12.1. The summed E-state index contributed by atoms with van der Waals surface area (Å²) in [6.07, 6.45) is 2.95. The Morgan fingerprint density at radius 2 is 2.32 bits per heavy atom. The highest BCUT2D eigenvalue weighted by atomic mass is 16.6. The predicted molar refractivity (Wildman–Crippen MR) is 76.6 cm³/mol. The Balaban J connectivity index is 2.09. The molecule has 22 heavy (non-hydrogen) atoms. The highest BCUT2D eigenvalue weighted by Crippen LogP contribution is 2.27. The van der Waals surface area contributed by atoms with E-state index in [9.17, 15) is 14.9 Å². The molecule has 1 amide bonds. The highest BCUT2D eigenvalue weighted by Gasteiger charge is 2.19. The van der Waals surface area contributed by atoms with Crippen molar-refractivity contribution in [2.24, 2.45) is 0 Å². The van der Waals surface area contributed by atoms with Gasteiger partial charge in [0.15, 0.2) is 5.75 Å². The van der Waals surface area contributed by atoms with E-state index < -0.39 is 10.8 Å². The van der Waals surface area contributed by atoms with Crippen molar-refractivity contribution in [3.8, 4) is 5.75 Å². The minimum atomic E-state index is -0.589. The molecule has 9 heteroatoms. The first-order chi connectivity index (χ1) is 10.5. The fourth-order valence-electron chi connectivity index (χ4n) is 1.93. The van der Waals surface area contributed by atoms with E-state index in [0.717, 1.165) is 0 Å². The van der Waals surface area contributed by atoms with Crippen molar-refractivity contribution in [2.45, 2.75) is 19.5 Å². The van der Waals surface area contributed by atoms with Crippen LogP contribution < -0.4 is 10.1 Å². The molecule has 1 heterocycles. The van der Waals surface area contributed by atoms with Crippen LogP contribution in [-0.2, 0) is 6.54 Å². The van der Waals surface area contributed by atoms with Gasteiger partial charge < -0.3 is 10.1 Å². The normalized spacial score (nSPS) is 11.7. The number of rotatable bonds is 6. The fraction of sp³-hybridized carbons (Fsp3) is 0.308. The quantitative estimate of drug-likeness (QED) is 0.629. The summed E-state index contributed by atoms with van der Waals surface area (Å²) in [4.78, 5) is 26.3. The van der Waals surface area contributed by atoms with Crippen molar-refractivity contribution < 1.29 is 14.5 Å². The lowest BCUT2D eigenvalue weighted by Gasteiger charge is -2.13. The summed E-state index contributed by atoms with van der Waals surface area (Å²) in [6, 6.07) is 3.85. The third-order valence-corrected chi connectivity index (χ3v) is 2.94. The summed E-state index contributed by atoms with van der Waals surface area (Å²) in [5.41, 5.74) is -0.0583. The predicted octanol–water partition coefficient (Wildman–Crippen LogP) is 1.01. The van der Waals surface area contributed by atoms with Gasteiger partial charge >= 0.3 is 5.69 Å². The molecule has 1 aromatic heterocycles. The summed E-state index contributed by atoms with van der Waals surface area (Å²) in [5.74, 6) is -0.296. The van der Waals surface area contributed by atoms with Gasteiger partial charge in [-0.2, -0.15) is 5.10 Å². The molecular weight excluding hydrogens is 290 g/mol. The van der Waals surface area contributed by atoms with E-state index in [1.165, 1.54) is 31.6 Å². The highest BCUT2D eigenvalue weighted by molar-refractivity contribution is 5.95. The molecule has 0 aliphatic carbocycles. The van der Waals surface area contributed by atoms with E-state index in [4.69, 9.17) is 4.74 Å². The Morgan fingerprint density at radius 1 is 1.55 bits per heavy atom. The molecule has 0 aliphatic heterocycles. The number of nitro groups is 1. The Labute approximate surface area is 126 Å². The molecule has 0 saturated carbocycles. The molecular formula is C13H15N5O4. The van der Waals surface area contributed by atoms with Crippen molar-refractivity contribution in [2.75, 3.05) is 7.11 Å². The molecule has 1 atom stereocenters. The Hall–Kier alpha value is -2.97. The zero-order chi connectivity index (χ0) is 16.1. The van der Waals surface area contributed by atoms with E-state index >= 15 is 0 Å². The van der Waals surface area contributed by atoms with Gasteiger partial charge in [0.1, 0.15) is 12.7 Å². The second-order valence-electron chi connectivity index (χ2n) is 4.64. The molecule has 2 aromatic rings. The topological polar surface area (TPSA) is 112 Å². The number of hydrogen-bond acceptors (Lipinski definition) is 6. The lowest BCUT2D eigenvalue weighted by Crippen LogP contribution is -2.35. The minimum Gasteiger partial charge on any atom is -0.490 e. The molecule has 116 valence electrons. The molecule has 0 radical (unpaired) electrons. The van der Waals surface area contributed by atoms with Crippen LogP contribution in [-0.4, -0.2) is 38.7 Å². The molecule has 1 aromatic carbocycles. The maximum atomic E-state index is 12.1. The van der Waals surface area contributed by atoms with Gasteiger partial charge in [0.2, 0.25) is 0 Å². The number of nitrogens with zero attached hydrogens (tertiary/aromatic N) is 4. The number of benzene rings is 1. The molecule has 2 rings (SSSR count). The average Bonchev–Trinajstić information content (AvgIpc) is 2.99. The maximum absolute atomic E-state index is 12.1. The SMILES string of the molecule is COc1ccc(C(=O)NC(C)Cn2cncn2)cc1[N+](=O)[O-]. The Morgan fingerprint density at radius 3 is 2.91 bits per heavy atom. The number of nitrogens with one attached hydrogen (secondary N) is 1. The number of methoxy groups -OCH3 is 1. The molecule has 0 saturated heterocycles. The zero-order valence-corrected chi connectivity index (χ0v) is 12.1. The van der Waals surface area contributed by atoms with Gasteiger partial charge in [-0.15, -0.1) is 0 Å². The largest absolute Gasteiger partial charge is 0.490 e. The van der Waals surface area contributed by atoms with Crippen LogP contribution in [0.3, 0.4) is 0 Å². The Bertz CT molecular complexity index is 671. The van der Waals surface area contributed by atoms with E-state index in [2.05, 4.69) is 15.4 Å². The van der Waals surface area contributed by atoms with Gasteiger partial charge in [0, 0.05) is 17.7 Å². The number of carbonyl (C=O) groups excluding carboxylic acids is 1.